The van der Waals surface area contributed by atoms with E-state index < -0.39 is 0 Å². The molecule has 18 heavy (non-hydrogen) atoms. The van der Waals surface area contributed by atoms with Crippen LogP contribution < -0.4 is 10.1 Å². The largest absolute Gasteiger partial charge is 0.495 e. The summed E-state index contributed by atoms with van der Waals surface area (Å²) in [5.74, 6) is 0.853. The van der Waals surface area contributed by atoms with Gasteiger partial charge in [-0.1, -0.05) is 12.6 Å². The SMILES string of the molecule is C=Cn1cc(CNc2ccc(C)cc2OC)cn1. The lowest BCUT2D eigenvalue weighted by Crippen LogP contribution is -2.00. The molecule has 0 aliphatic heterocycles. The second kappa shape index (κ2) is 5.40. The molecule has 0 bridgehead atoms. The highest BCUT2D eigenvalue weighted by Crippen LogP contribution is 2.25. The molecule has 0 atom stereocenters. The van der Waals surface area contributed by atoms with Gasteiger partial charge in [0.15, 0.2) is 0 Å². The molecule has 0 saturated carbocycles. The summed E-state index contributed by atoms with van der Waals surface area (Å²) in [7, 11) is 1.68. The molecule has 0 radical (unpaired) electrons. The summed E-state index contributed by atoms with van der Waals surface area (Å²) in [5.41, 5.74) is 3.25. The molecule has 0 spiro atoms. The monoisotopic (exact) mass is 243 g/mol. The van der Waals surface area contributed by atoms with Gasteiger partial charge in [-0.05, 0) is 24.6 Å². The molecule has 4 nitrogen and oxygen atoms in total. The van der Waals surface area contributed by atoms with E-state index in [9.17, 15) is 0 Å². The van der Waals surface area contributed by atoms with Gasteiger partial charge in [0.1, 0.15) is 5.75 Å². The van der Waals surface area contributed by atoms with Crippen molar-refractivity contribution in [2.24, 2.45) is 0 Å². The molecule has 2 rings (SSSR count). The molecule has 1 aromatic heterocycles. The quantitative estimate of drug-likeness (QED) is 0.877. The van der Waals surface area contributed by atoms with Crippen molar-refractivity contribution >= 4 is 11.9 Å². The maximum atomic E-state index is 5.34. The minimum atomic E-state index is 0.702. The van der Waals surface area contributed by atoms with Crippen molar-refractivity contribution in [3.05, 3.63) is 48.3 Å². The maximum absolute atomic E-state index is 5.34. The predicted octanol–water partition coefficient (Wildman–Crippen LogP) is 2.91. The van der Waals surface area contributed by atoms with Gasteiger partial charge in [-0.3, -0.25) is 0 Å². The molecule has 0 aliphatic rings. The molecule has 0 fully saturated rings. The van der Waals surface area contributed by atoms with Crippen molar-refractivity contribution < 1.29 is 4.74 Å². The zero-order valence-electron chi connectivity index (χ0n) is 10.7. The molecule has 0 unspecified atom stereocenters. The number of hydrogen-bond donors (Lipinski definition) is 1. The third-order valence-electron chi connectivity index (χ3n) is 2.68. The van der Waals surface area contributed by atoms with Crippen molar-refractivity contribution in [2.45, 2.75) is 13.5 Å². The maximum Gasteiger partial charge on any atom is 0.142 e. The second-order valence-electron chi connectivity index (χ2n) is 4.07. The van der Waals surface area contributed by atoms with Crippen LogP contribution in [0.4, 0.5) is 5.69 Å². The third kappa shape index (κ3) is 2.71. The van der Waals surface area contributed by atoms with Crippen molar-refractivity contribution in [2.75, 3.05) is 12.4 Å². The summed E-state index contributed by atoms with van der Waals surface area (Å²) in [6.45, 7) is 6.40. The van der Waals surface area contributed by atoms with E-state index in [4.69, 9.17) is 4.74 Å². The number of nitrogens with one attached hydrogen (secondary N) is 1. The molecule has 4 heteroatoms. The summed E-state index contributed by atoms with van der Waals surface area (Å²) < 4.78 is 7.03. The molecule has 1 aromatic carbocycles. The van der Waals surface area contributed by atoms with Crippen LogP contribution >= 0.6 is 0 Å². The number of hydrogen-bond acceptors (Lipinski definition) is 3. The highest BCUT2D eigenvalue weighted by Gasteiger charge is 2.03. The Bertz CT molecular complexity index is 546. The minimum absolute atomic E-state index is 0.702. The Kier molecular flexibility index (Phi) is 3.67. The standard InChI is InChI=1S/C14H17N3O/c1-4-17-10-12(9-16-17)8-15-13-6-5-11(2)7-14(13)18-3/h4-7,9-10,15H,1,8H2,2-3H3. The molecule has 94 valence electrons. The zero-order chi connectivity index (χ0) is 13.0. The van der Waals surface area contributed by atoms with E-state index in [0.717, 1.165) is 17.0 Å². The van der Waals surface area contributed by atoms with Gasteiger partial charge in [-0.25, -0.2) is 4.68 Å². The topological polar surface area (TPSA) is 39.1 Å². The van der Waals surface area contributed by atoms with E-state index in [0.29, 0.717) is 6.54 Å². The van der Waals surface area contributed by atoms with Gasteiger partial charge in [-0.2, -0.15) is 5.10 Å². The van der Waals surface area contributed by atoms with Crippen LogP contribution in [0.15, 0.2) is 37.2 Å². The van der Waals surface area contributed by atoms with Gasteiger partial charge in [0.2, 0.25) is 0 Å². The summed E-state index contributed by atoms with van der Waals surface area (Å²) in [6.07, 6.45) is 5.41. The first-order chi connectivity index (χ1) is 8.72. The molecule has 0 saturated heterocycles. The zero-order valence-corrected chi connectivity index (χ0v) is 10.7. The van der Waals surface area contributed by atoms with Crippen LogP contribution in [-0.2, 0) is 6.54 Å². The number of anilines is 1. The lowest BCUT2D eigenvalue weighted by molar-refractivity contribution is 0.416. The number of methoxy groups -OCH3 is 1. The number of aromatic nitrogens is 2. The fourth-order valence-electron chi connectivity index (χ4n) is 1.71. The lowest BCUT2D eigenvalue weighted by Gasteiger charge is -2.10. The van der Waals surface area contributed by atoms with E-state index in [1.807, 2.05) is 31.5 Å². The van der Waals surface area contributed by atoms with Gasteiger partial charge in [0, 0.05) is 24.5 Å². The Morgan fingerprint density at radius 1 is 1.50 bits per heavy atom. The average Bonchev–Trinajstić information content (AvgIpc) is 2.85. The van der Waals surface area contributed by atoms with E-state index in [1.54, 1.807) is 18.0 Å². The Balaban J connectivity index is 2.07. The van der Waals surface area contributed by atoms with Crippen LogP contribution in [0.25, 0.3) is 6.20 Å². The molecular formula is C14H17N3O. The number of nitrogens with zero attached hydrogens (tertiary/aromatic N) is 2. The highest BCUT2D eigenvalue weighted by molar-refractivity contribution is 5.57. The first-order valence-corrected chi connectivity index (χ1v) is 5.77. The van der Waals surface area contributed by atoms with Crippen LogP contribution in [0.3, 0.4) is 0 Å². The average molecular weight is 243 g/mol. The van der Waals surface area contributed by atoms with E-state index in [-0.39, 0.29) is 0 Å². The smallest absolute Gasteiger partial charge is 0.142 e. The summed E-state index contributed by atoms with van der Waals surface area (Å²) >= 11 is 0. The van der Waals surface area contributed by atoms with Gasteiger partial charge in [0.25, 0.3) is 0 Å². The Hall–Kier alpha value is -2.23. The van der Waals surface area contributed by atoms with Crippen LogP contribution in [0.5, 0.6) is 5.75 Å². The Labute approximate surface area is 107 Å². The van der Waals surface area contributed by atoms with Gasteiger partial charge >= 0.3 is 0 Å². The fraction of sp³-hybridized carbons (Fsp3) is 0.214. The Morgan fingerprint density at radius 3 is 3.00 bits per heavy atom. The first-order valence-electron chi connectivity index (χ1n) is 5.77. The van der Waals surface area contributed by atoms with Crippen LogP contribution in [0.2, 0.25) is 0 Å². The van der Waals surface area contributed by atoms with E-state index in [2.05, 4.69) is 23.1 Å². The van der Waals surface area contributed by atoms with E-state index >= 15 is 0 Å². The van der Waals surface area contributed by atoms with Crippen molar-refractivity contribution in [3.8, 4) is 5.75 Å². The molecular weight excluding hydrogens is 226 g/mol. The lowest BCUT2D eigenvalue weighted by atomic mass is 10.2. The number of benzene rings is 1. The van der Waals surface area contributed by atoms with Gasteiger partial charge < -0.3 is 10.1 Å². The second-order valence-corrected chi connectivity index (χ2v) is 4.07. The Morgan fingerprint density at radius 2 is 2.33 bits per heavy atom. The van der Waals surface area contributed by atoms with Crippen LogP contribution in [-0.4, -0.2) is 16.9 Å². The van der Waals surface area contributed by atoms with Gasteiger partial charge in [-0.15, -0.1) is 0 Å². The molecule has 0 amide bonds. The van der Waals surface area contributed by atoms with Crippen molar-refractivity contribution in [1.82, 2.24) is 9.78 Å². The minimum Gasteiger partial charge on any atom is -0.495 e. The van der Waals surface area contributed by atoms with Crippen molar-refractivity contribution in [3.63, 3.8) is 0 Å². The molecule has 1 heterocycles. The van der Waals surface area contributed by atoms with Crippen LogP contribution in [0.1, 0.15) is 11.1 Å². The summed E-state index contributed by atoms with van der Waals surface area (Å²) in [4.78, 5) is 0. The fourth-order valence-corrected chi connectivity index (χ4v) is 1.71. The number of aryl methyl sites for hydroxylation is 1. The third-order valence-corrected chi connectivity index (χ3v) is 2.68. The van der Waals surface area contributed by atoms with E-state index in [1.165, 1.54) is 5.56 Å². The van der Waals surface area contributed by atoms with Crippen LogP contribution in [0, 0.1) is 6.92 Å². The molecule has 0 aliphatic carbocycles. The predicted molar refractivity (Wildman–Crippen MR) is 73.7 cm³/mol. The molecule has 1 N–H and O–H groups in total. The van der Waals surface area contributed by atoms with Crippen molar-refractivity contribution in [1.29, 1.82) is 0 Å². The van der Waals surface area contributed by atoms with Gasteiger partial charge in [0.05, 0.1) is 19.0 Å². The summed E-state index contributed by atoms with van der Waals surface area (Å²) in [5, 5.41) is 7.46. The number of rotatable bonds is 5. The first kappa shape index (κ1) is 12.2. The number of ether oxygens (including phenoxy) is 1. The normalized spacial score (nSPS) is 10.1. The highest BCUT2D eigenvalue weighted by atomic mass is 16.5. The molecule has 2 aromatic rings. The summed E-state index contributed by atoms with van der Waals surface area (Å²) in [6, 6.07) is 6.08.